The molecule has 1 fully saturated rings. The second-order valence-corrected chi connectivity index (χ2v) is 5.82. The van der Waals surface area contributed by atoms with E-state index in [2.05, 4.69) is 0 Å². The molecule has 5 heteroatoms. The Morgan fingerprint density at radius 2 is 2.00 bits per heavy atom. The lowest BCUT2D eigenvalue weighted by Crippen LogP contribution is -2.23. The molecule has 0 spiro atoms. The van der Waals surface area contributed by atoms with Crippen LogP contribution in [0.2, 0.25) is 0 Å². The average Bonchev–Trinajstić information content (AvgIpc) is 3.07. The third-order valence-corrected chi connectivity index (χ3v) is 4.10. The van der Waals surface area contributed by atoms with Crippen molar-refractivity contribution >= 4 is 17.6 Å². The van der Waals surface area contributed by atoms with Crippen LogP contribution in [0.5, 0.6) is 5.75 Å². The predicted molar refractivity (Wildman–Crippen MR) is 94.8 cm³/mol. The summed E-state index contributed by atoms with van der Waals surface area (Å²) in [6.07, 6.45) is 1.41. The zero-order valence-corrected chi connectivity index (χ0v) is 14.2. The van der Waals surface area contributed by atoms with Gasteiger partial charge in [0.2, 0.25) is 5.91 Å². The van der Waals surface area contributed by atoms with E-state index in [-0.39, 0.29) is 12.5 Å². The van der Waals surface area contributed by atoms with Crippen molar-refractivity contribution in [2.45, 2.75) is 26.4 Å². The second-order valence-electron chi connectivity index (χ2n) is 5.82. The fourth-order valence-corrected chi connectivity index (χ4v) is 2.87. The number of esters is 1. The molecule has 1 heterocycles. The zero-order valence-electron chi connectivity index (χ0n) is 14.2. The Bertz CT molecular complexity index is 772. The van der Waals surface area contributed by atoms with Crippen LogP contribution in [0.1, 0.15) is 35.7 Å². The Hall–Kier alpha value is -2.82. The van der Waals surface area contributed by atoms with E-state index in [1.54, 1.807) is 23.1 Å². The highest BCUT2D eigenvalue weighted by Crippen LogP contribution is 2.23. The van der Waals surface area contributed by atoms with Crippen molar-refractivity contribution in [1.82, 2.24) is 0 Å². The number of rotatable bonds is 6. The first-order valence-electron chi connectivity index (χ1n) is 8.47. The molecule has 5 nitrogen and oxygen atoms in total. The van der Waals surface area contributed by atoms with Crippen LogP contribution < -0.4 is 9.64 Å². The standard InChI is InChI=1S/C20H21NO4/c1-2-24-18-10-4-3-7-16(18)14-25-20(23)15-8-5-9-17(13-15)21-12-6-11-19(21)22/h3-5,7-10,13H,2,6,11-12,14H2,1H3. The molecule has 1 amide bonds. The fraction of sp³-hybridized carbons (Fsp3) is 0.300. The topological polar surface area (TPSA) is 55.8 Å². The smallest absolute Gasteiger partial charge is 0.338 e. The van der Waals surface area contributed by atoms with E-state index < -0.39 is 5.97 Å². The molecule has 0 radical (unpaired) electrons. The molecule has 0 bridgehead atoms. The molecule has 25 heavy (non-hydrogen) atoms. The number of hydrogen-bond donors (Lipinski definition) is 0. The summed E-state index contributed by atoms with van der Waals surface area (Å²) in [6.45, 7) is 3.30. The van der Waals surface area contributed by atoms with E-state index in [0.29, 0.717) is 30.9 Å². The Labute approximate surface area is 147 Å². The Kier molecular flexibility index (Phi) is 5.33. The lowest BCUT2D eigenvalue weighted by molar-refractivity contribution is -0.117. The normalized spacial score (nSPS) is 13.8. The largest absolute Gasteiger partial charge is 0.493 e. The maximum absolute atomic E-state index is 12.4. The number of ether oxygens (including phenoxy) is 2. The molecule has 3 rings (SSSR count). The summed E-state index contributed by atoms with van der Waals surface area (Å²) in [6, 6.07) is 14.5. The highest BCUT2D eigenvalue weighted by Gasteiger charge is 2.22. The van der Waals surface area contributed by atoms with Gasteiger partial charge in [0.05, 0.1) is 12.2 Å². The number of para-hydroxylation sites is 1. The van der Waals surface area contributed by atoms with Gasteiger partial charge in [-0.25, -0.2) is 4.79 Å². The second kappa shape index (κ2) is 7.83. The van der Waals surface area contributed by atoms with Crippen LogP contribution in [0.25, 0.3) is 0 Å². The SMILES string of the molecule is CCOc1ccccc1COC(=O)c1cccc(N2CCCC2=O)c1. The van der Waals surface area contributed by atoms with Gasteiger partial charge in [-0.1, -0.05) is 24.3 Å². The summed E-state index contributed by atoms with van der Waals surface area (Å²) in [5, 5.41) is 0. The molecule has 2 aromatic carbocycles. The fourth-order valence-electron chi connectivity index (χ4n) is 2.87. The number of nitrogens with zero attached hydrogens (tertiary/aromatic N) is 1. The van der Waals surface area contributed by atoms with Crippen molar-refractivity contribution in [3.8, 4) is 5.75 Å². The number of hydrogen-bond acceptors (Lipinski definition) is 4. The van der Waals surface area contributed by atoms with Gasteiger partial charge >= 0.3 is 5.97 Å². The predicted octanol–water partition coefficient (Wildman–Crippen LogP) is 3.57. The van der Waals surface area contributed by atoms with Gasteiger partial charge in [0.15, 0.2) is 0 Å². The molecule has 1 aliphatic heterocycles. The third-order valence-electron chi connectivity index (χ3n) is 4.10. The van der Waals surface area contributed by atoms with Gasteiger partial charge in [-0.05, 0) is 37.6 Å². The Balaban J connectivity index is 1.69. The van der Waals surface area contributed by atoms with E-state index in [9.17, 15) is 9.59 Å². The number of carbonyl (C=O) groups is 2. The molecule has 0 saturated carbocycles. The molecule has 0 aliphatic carbocycles. The van der Waals surface area contributed by atoms with Gasteiger partial charge in [0.25, 0.3) is 0 Å². The molecular weight excluding hydrogens is 318 g/mol. The van der Waals surface area contributed by atoms with Crippen molar-refractivity contribution in [3.63, 3.8) is 0 Å². The van der Waals surface area contributed by atoms with E-state index >= 15 is 0 Å². The first kappa shape index (κ1) is 17.0. The van der Waals surface area contributed by atoms with Crippen LogP contribution >= 0.6 is 0 Å². The first-order chi connectivity index (χ1) is 12.2. The molecule has 0 N–H and O–H groups in total. The average molecular weight is 339 g/mol. The van der Waals surface area contributed by atoms with Gasteiger partial charge in [0.1, 0.15) is 12.4 Å². The summed E-state index contributed by atoms with van der Waals surface area (Å²) < 4.78 is 11.0. The maximum atomic E-state index is 12.4. The first-order valence-corrected chi connectivity index (χ1v) is 8.47. The molecule has 2 aromatic rings. The molecule has 130 valence electrons. The Morgan fingerprint density at radius 3 is 2.76 bits per heavy atom. The van der Waals surface area contributed by atoms with Crippen LogP contribution in [0.15, 0.2) is 48.5 Å². The highest BCUT2D eigenvalue weighted by molar-refractivity contribution is 5.97. The van der Waals surface area contributed by atoms with Crippen molar-refractivity contribution in [2.24, 2.45) is 0 Å². The minimum absolute atomic E-state index is 0.0937. The molecule has 1 aliphatic rings. The lowest BCUT2D eigenvalue weighted by atomic mass is 10.2. The molecule has 0 atom stereocenters. The minimum Gasteiger partial charge on any atom is -0.493 e. The zero-order chi connectivity index (χ0) is 17.6. The molecule has 0 unspecified atom stereocenters. The lowest BCUT2D eigenvalue weighted by Gasteiger charge is -2.16. The summed E-state index contributed by atoms with van der Waals surface area (Å²) in [5.41, 5.74) is 2.00. The van der Waals surface area contributed by atoms with Crippen LogP contribution in [0.3, 0.4) is 0 Å². The van der Waals surface area contributed by atoms with Crippen LogP contribution in [-0.4, -0.2) is 25.0 Å². The van der Waals surface area contributed by atoms with Crippen LogP contribution in [0.4, 0.5) is 5.69 Å². The van der Waals surface area contributed by atoms with Gasteiger partial charge in [-0.3, -0.25) is 4.79 Å². The van der Waals surface area contributed by atoms with Gasteiger partial charge in [-0.2, -0.15) is 0 Å². The monoisotopic (exact) mass is 339 g/mol. The van der Waals surface area contributed by atoms with Crippen LogP contribution in [0, 0.1) is 0 Å². The third kappa shape index (κ3) is 3.99. The molecule has 0 aromatic heterocycles. The number of benzene rings is 2. The van der Waals surface area contributed by atoms with Crippen LogP contribution in [-0.2, 0) is 16.1 Å². The van der Waals surface area contributed by atoms with E-state index in [0.717, 1.165) is 17.7 Å². The van der Waals surface area contributed by atoms with Gasteiger partial charge < -0.3 is 14.4 Å². The molecule has 1 saturated heterocycles. The van der Waals surface area contributed by atoms with Gasteiger partial charge in [0, 0.05) is 24.2 Å². The number of carbonyl (C=O) groups excluding carboxylic acids is 2. The highest BCUT2D eigenvalue weighted by atomic mass is 16.5. The van der Waals surface area contributed by atoms with E-state index in [1.165, 1.54) is 0 Å². The summed E-state index contributed by atoms with van der Waals surface area (Å²) in [4.78, 5) is 25.9. The number of amides is 1. The Morgan fingerprint density at radius 1 is 1.16 bits per heavy atom. The summed E-state index contributed by atoms with van der Waals surface area (Å²) >= 11 is 0. The van der Waals surface area contributed by atoms with Crippen molar-refractivity contribution in [2.75, 3.05) is 18.1 Å². The van der Waals surface area contributed by atoms with Crippen molar-refractivity contribution in [3.05, 3.63) is 59.7 Å². The number of anilines is 1. The van der Waals surface area contributed by atoms with Crippen molar-refractivity contribution < 1.29 is 19.1 Å². The summed E-state index contributed by atoms with van der Waals surface area (Å²) in [7, 11) is 0. The summed E-state index contributed by atoms with van der Waals surface area (Å²) in [5.74, 6) is 0.394. The van der Waals surface area contributed by atoms with Crippen molar-refractivity contribution in [1.29, 1.82) is 0 Å². The minimum atomic E-state index is -0.417. The van der Waals surface area contributed by atoms with E-state index in [4.69, 9.17) is 9.47 Å². The van der Waals surface area contributed by atoms with Gasteiger partial charge in [-0.15, -0.1) is 0 Å². The van der Waals surface area contributed by atoms with E-state index in [1.807, 2.05) is 37.3 Å². The quantitative estimate of drug-likeness (QED) is 0.755. The maximum Gasteiger partial charge on any atom is 0.338 e. The molecular formula is C20H21NO4.